The number of nitrogens with zero attached hydrogens (tertiary/aromatic N) is 3. The largest absolute Gasteiger partial charge is 0.451 e. The molecular formula is C16H15Cl2F4N5O. The Morgan fingerprint density at radius 2 is 1.93 bits per heavy atom. The van der Waals surface area contributed by atoms with E-state index in [0.717, 1.165) is 12.4 Å². The number of pyridine rings is 1. The second kappa shape index (κ2) is 8.97. The molecule has 1 saturated heterocycles. The van der Waals surface area contributed by atoms with E-state index in [-0.39, 0.29) is 48.4 Å². The SMILES string of the molecule is Cl.O=C(NCc1cc(-c2cnc(C(F)(F)F)nc2)c(Cl)cn1)[C@@H]1C[C@@H](F)CN1. The van der Waals surface area contributed by atoms with E-state index in [1.54, 1.807) is 0 Å². The normalized spacial score (nSPS) is 19.2. The number of amides is 1. The fourth-order valence-corrected chi connectivity index (χ4v) is 2.82. The first-order valence-electron chi connectivity index (χ1n) is 7.93. The van der Waals surface area contributed by atoms with Gasteiger partial charge in [-0.05, 0) is 6.07 Å². The summed E-state index contributed by atoms with van der Waals surface area (Å²) in [5.41, 5.74) is 1.09. The number of hydrogen-bond donors (Lipinski definition) is 2. The van der Waals surface area contributed by atoms with E-state index < -0.39 is 24.2 Å². The van der Waals surface area contributed by atoms with Gasteiger partial charge in [0, 0.05) is 42.7 Å². The Bertz CT molecular complexity index is 835. The zero-order valence-corrected chi connectivity index (χ0v) is 15.7. The molecule has 1 aliphatic rings. The number of carbonyl (C=O) groups excluding carboxylic acids is 1. The second-order valence-corrected chi connectivity index (χ2v) is 6.37. The molecule has 1 fully saturated rings. The Kier molecular flexibility index (Phi) is 7.13. The van der Waals surface area contributed by atoms with Crippen LogP contribution < -0.4 is 10.6 Å². The summed E-state index contributed by atoms with van der Waals surface area (Å²) in [5.74, 6) is -1.61. The van der Waals surface area contributed by atoms with Gasteiger partial charge in [-0.2, -0.15) is 13.2 Å². The molecular weight excluding hydrogens is 425 g/mol. The van der Waals surface area contributed by atoms with Gasteiger partial charge in [-0.3, -0.25) is 9.78 Å². The van der Waals surface area contributed by atoms with Gasteiger partial charge in [0.1, 0.15) is 6.17 Å². The van der Waals surface area contributed by atoms with Crippen LogP contribution in [0.4, 0.5) is 17.6 Å². The average Bonchev–Trinajstić information content (AvgIpc) is 3.07. The van der Waals surface area contributed by atoms with Gasteiger partial charge in [-0.1, -0.05) is 11.6 Å². The minimum atomic E-state index is -4.64. The highest BCUT2D eigenvalue weighted by molar-refractivity contribution is 6.33. The first-order valence-corrected chi connectivity index (χ1v) is 8.31. The molecule has 152 valence electrons. The third-order valence-electron chi connectivity index (χ3n) is 3.97. The first-order chi connectivity index (χ1) is 12.7. The number of hydrogen-bond acceptors (Lipinski definition) is 5. The van der Waals surface area contributed by atoms with Crippen molar-refractivity contribution in [3.05, 3.63) is 41.2 Å². The van der Waals surface area contributed by atoms with Crippen molar-refractivity contribution in [2.24, 2.45) is 0 Å². The highest BCUT2D eigenvalue weighted by Crippen LogP contribution is 2.30. The third-order valence-corrected chi connectivity index (χ3v) is 4.27. The van der Waals surface area contributed by atoms with Crippen LogP contribution in [-0.2, 0) is 17.5 Å². The molecule has 12 heteroatoms. The Morgan fingerprint density at radius 1 is 1.25 bits per heavy atom. The Labute approximate surface area is 168 Å². The summed E-state index contributed by atoms with van der Waals surface area (Å²) in [4.78, 5) is 22.7. The highest BCUT2D eigenvalue weighted by atomic mass is 35.5. The van der Waals surface area contributed by atoms with E-state index in [1.807, 2.05) is 0 Å². The lowest BCUT2D eigenvalue weighted by atomic mass is 10.1. The predicted molar refractivity (Wildman–Crippen MR) is 95.7 cm³/mol. The second-order valence-electron chi connectivity index (χ2n) is 5.96. The lowest BCUT2D eigenvalue weighted by Gasteiger charge is -2.12. The topological polar surface area (TPSA) is 79.8 Å². The van der Waals surface area contributed by atoms with Crippen molar-refractivity contribution in [1.29, 1.82) is 0 Å². The molecule has 1 amide bonds. The molecule has 0 spiro atoms. The molecule has 0 radical (unpaired) electrons. The van der Waals surface area contributed by atoms with Gasteiger partial charge >= 0.3 is 6.18 Å². The monoisotopic (exact) mass is 439 g/mol. The van der Waals surface area contributed by atoms with E-state index in [1.165, 1.54) is 12.3 Å². The maximum atomic E-state index is 13.1. The summed E-state index contributed by atoms with van der Waals surface area (Å²) in [7, 11) is 0. The number of halogens is 6. The van der Waals surface area contributed by atoms with Gasteiger partial charge in [0.05, 0.1) is 23.3 Å². The van der Waals surface area contributed by atoms with Crippen LogP contribution in [0.2, 0.25) is 5.02 Å². The molecule has 2 aromatic heterocycles. The molecule has 0 saturated carbocycles. The number of alkyl halides is 4. The van der Waals surface area contributed by atoms with Gasteiger partial charge in [-0.15, -0.1) is 12.4 Å². The molecule has 3 heterocycles. The van der Waals surface area contributed by atoms with Crippen molar-refractivity contribution in [2.75, 3.05) is 6.54 Å². The third kappa shape index (κ3) is 5.27. The molecule has 0 bridgehead atoms. The van der Waals surface area contributed by atoms with Crippen molar-refractivity contribution in [1.82, 2.24) is 25.6 Å². The zero-order valence-electron chi connectivity index (χ0n) is 14.1. The highest BCUT2D eigenvalue weighted by Gasteiger charge is 2.34. The zero-order chi connectivity index (χ0) is 19.6. The quantitative estimate of drug-likeness (QED) is 0.715. The smallest absolute Gasteiger partial charge is 0.349 e. The molecule has 28 heavy (non-hydrogen) atoms. The van der Waals surface area contributed by atoms with Crippen LogP contribution in [0.25, 0.3) is 11.1 Å². The van der Waals surface area contributed by atoms with Crippen molar-refractivity contribution < 1.29 is 22.4 Å². The van der Waals surface area contributed by atoms with E-state index in [4.69, 9.17) is 11.6 Å². The molecule has 6 nitrogen and oxygen atoms in total. The number of nitrogens with one attached hydrogen (secondary N) is 2. The van der Waals surface area contributed by atoms with Crippen LogP contribution in [0.1, 0.15) is 17.9 Å². The molecule has 1 aliphatic heterocycles. The van der Waals surface area contributed by atoms with Crippen LogP contribution in [0, 0.1) is 0 Å². The van der Waals surface area contributed by atoms with E-state index in [2.05, 4.69) is 25.6 Å². The van der Waals surface area contributed by atoms with E-state index >= 15 is 0 Å². The lowest BCUT2D eigenvalue weighted by Crippen LogP contribution is -2.40. The standard InChI is InChI=1S/C16H14ClF4N5O.ClH/c17-12-7-22-10(6-24-14(27)13-1-9(18)5-23-13)2-11(12)8-3-25-15(26-4-8)16(19,20)21;/h2-4,7,9,13,23H,1,5-6H2,(H,24,27);1H/t9-,13+;/m1./s1. The summed E-state index contributed by atoms with van der Waals surface area (Å²) in [6.07, 6.45) is -2.23. The van der Waals surface area contributed by atoms with Crippen molar-refractivity contribution in [3.8, 4) is 11.1 Å². The number of aromatic nitrogens is 3. The van der Waals surface area contributed by atoms with Crippen LogP contribution in [0.3, 0.4) is 0 Å². The lowest BCUT2D eigenvalue weighted by molar-refractivity contribution is -0.145. The van der Waals surface area contributed by atoms with Crippen molar-refractivity contribution >= 4 is 29.9 Å². The molecule has 0 aromatic carbocycles. The minimum Gasteiger partial charge on any atom is -0.349 e. The van der Waals surface area contributed by atoms with Crippen molar-refractivity contribution in [3.63, 3.8) is 0 Å². The fraction of sp³-hybridized carbons (Fsp3) is 0.375. The van der Waals surface area contributed by atoms with Crippen LogP contribution in [-0.4, -0.2) is 39.6 Å². The van der Waals surface area contributed by atoms with Crippen LogP contribution >= 0.6 is 24.0 Å². The number of carbonyl (C=O) groups is 1. The molecule has 2 atom stereocenters. The molecule has 2 N–H and O–H groups in total. The summed E-state index contributed by atoms with van der Waals surface area (Å²) in [5, 5.41) is 5.60. The average molecular weight is 440 g/mol. The number of rotatable bonds is 4. The van der Waals surface area contributed by atoms with E-state index in [9.17, 15) is 22.4 Å². The first kappa shape index (κ1) is 22.3. The Balaban J connectivity index is 0.00000280. The molecule has 0 aliphatic carbocycles. The Morgan fingerprint density at radius 3 is 2.50 bits per heavy atom. The van der Waals surface area contributed by atoms with Crippen LogP contribution in [0.5, 0.6) is 0 Å². The fourth-order valence-electron chi connectivity index (χ4n) is 2.61. The summed E-state index contributed by atoms with van der Waals surface area (Å²) >= 11 is 6.06. The van der Waals surface area contributed by atoms with E-state index in [0.29, 0.717) is 11.3 Å². The summed E-state index contributed by atoms with van der Waals surface area (Å²) in [6.45, 7) is 0.189. The molecule has 0 unspecified atom stereocenters. The predicted octanol–water partition coefficient (Wildman–Crippen LogP) is 2.95. The van der Waals surface area contributed by atoms with Gasteiger partial charge in [0.15, 0.2) is 0 Å². The summed E-state index contributed by atoms with van der Waals surface area (Å²) < 4.78 is 50.8. The molecule has 3 rings (SSSR count). The maximum Gasteiger partial charge on any atom is 0.451 e. The minimum absolute atomic E-state index is 0. The maximum absolute atomic E-state index is 13.1. The summed E-state index contributed by atoms with van der Waals surface area (Å²) in [6, 6.07) is 0.921. The molecule has 2 aromatic rings. The Hall–Kier alpha value is -2.04. The van der Waals surface area contributed by atoms with Gasteiger partial charge < -0.3 is 10.6 Å². The van der Waals surface area contributed by atoms with Gasteiger partial charge in [0.25, 0.3) is 0 Å². The van der Waals surface area contributed by atoms with Crippen molar-refractivity contribution in [2.45, 2.75) is 31.4 Å². The van der Waals surface area contributed by atoms with Crippen LogP contribution in [0.15, 0.2) is 24.7 Å². The van der Waals surface area contributed by atoms with Gasteiger partial charge in [-0.25, -0.2) is 14.4 Å². The van der Waals surface area contributed by atoms with Gasteiger partial charge in [0.2, 0.25) is 11.7 Å².